The first-order valence-electron chi connectivity index (χ1n) is 8.14. The molecule has 0 aliphatic rings. The molecule has 0 amide bonds. The zero-order valence-electron chi connectivity index (χ0n) is 15.1. The summed E-state index contributed by atoms with van der Waals surface area (Å²) in [5.41, 5.74) is 0.144. The van der Waals surface area contributed by atoms with Crippen LogP contribution in [0.2, 0.25) is 10.0 Å². The molecule has 0 spiro atoms. The normalized spacial score (nSPS) is 10.3. The Labute approximate surface area is 169 Å². The number of nitrogens with one attached hydrogen (secondary N) is 1. The van der Waals surface area contributed by atoms with Crippen LogP contribution in [0.3, 0.4) is 0 Å². The van der Waals surface area contributed by atoms with E-state index in [1.165, 1.54) is 29.0 Å². The van der Waals surface area contributed by atoms with Crippen LogP contribution >= 0.6 is 23.2 Å². The lowest BCUT2D eigenvalue weighted by atomic mass is 10.3. The van der Waals surface area contributed by atoms with E-state index >= 15 is 0 Å². The number of fused-ring (bicyclic) bond motifs is 1. The summed E-state index contributed by atoms with van der Waals surface area (Å²) in [4.78, 5) is 34.4. The van der Waals surface area contributed by atoms with Gasteiger partial charge < -0.3 is 20.4 Å². The highest BCUT2D eigenvalue weighted by Crippen LogP contribution is 2.12. The number of carbonyl (C=O) groups is 2. The summed E-state index contributed by atoms with van der Waals surface area (Å²) in [7, 11) is 0. The van der Waals surface area contributed by atoms with Gasteiger partial charge in [-0.05, 0) is 26.0 Å². The van der Waals surface area contributed by atoms with Gasteiger partial charge in [0.25, 0.3) is 0 Å². The van der Waals surface area contributed by atoms with E-state index in [1.54, 1.807) is 20.0 Å². The van der Waals surface area contributed by atoms with Crippen molar-refractivity contribution in [3.8, 4) is 0 Å². The Hall–Kier alpha value is -2.91. The lowest BCUT2D eigenvalue weighted by Gasteiger charge is -2.01. The number of nitrogen functional groups attached to an aromatic ring is 1. The monoisotopic (exact) mass is 428 g/mol. The summed E-state index contributed by atoms with van der Waals surface area (Å²) in [6, 6.07) is 2.95. The Morgan fingerprint density at radius 1 is 1.07 bits per heavy atom. The first-order valence-corrected chi connectivity index (χ1v) is 8.90. The molecule has 150 valence electrons. The van der Waals surface area contributed by atoms with E-state index in [-0.39, 0.29) is 17.9 Å². The van der Waals surface area contributed by atoms with Crippen LogP contribution in [-0.2, 0) is 9.47 Å². The van der Waals surface area contributed by atoms with Crippen LogP contribution < -0.4 is 11.3 Å². The van der Waals surface area contributed by atoms with Crippen molar-refractivity contribution < 1.29 is 19.1 Å². The van der Waals surface area contributed by atoms with Gasteiger partial charge in [-0.2, -0.15) is 0 Å². The fourth-order valence-electron chi connectivity index (χ4n) is 2.22. The van der Waals surface area contributed by atoms with Crippen molar-refractivity contribution in [3.05, 3.63) is 62.2 Å². The van der Waals surface area contributed by atoms with Crippen LogP contribution in [-0.4, -0.2) is 39.4 Å². The van der Waals surface area contributed by atoms with Crippen molar-refractivity contribution >= 4 is 40.7 Å². The zero-order valence-corrected chi connectivity index (χ0v) is 16.6. The van der Waals surface area contributed by atoms with Crippen LogP contribution in [0.4, 0.5) is 0 Å². The summed E-state index contributed by atoms with van der Waals surface area (Å²) >= 11 is 11.4. The summed E-state index contributed by atoms with van der Waals surface area (Å²) in [5, 5.41) is 3.59. The average Bonchev–Trinajstić information content (AvgIpc) is 3.18. The molecular formula is C17H18Cl2N4O5. The van der Waals surface area contributed by atoms with Gasteiger partial charge in [-0.15, -0.1) is 0 Å². The highest BCUT2D eigenvalue weighted by molar-refractivity contribution is 6.31. The molecule has 3 aromatic heterocycles. The van der Waals surface area contributed by atoms with Crippen LogP contribution in [0.1, 0.15) is 34.7 Å². The Bertz CT molecular complexity index is 1050. The van der Waals surface area contributed by atoms with Crippen LogP contribution in [0, 0.1) is 0 Å². The third kappa shape index (κ3) is 4.87. The molecule has 0 aliphatic carbocycles. The second-order valence-electron chi connectivity index (χ2n) is 5.32. The molecule has 0 saturated heterocycles. The second-order valence-corrected chi connectivity index (χ2v) is 6.19. The number of halogens is 2. The van der Waals surface area contributed by atoms with Crippen molar-refractivity contribution in [1.82, 2.24) is 14.3 Å². The Balaban J connectivity index is 0.000000209. The fraction of sp³-hybridized carbons (Fsp3) is 0.235. The molecule has 0 aliphatic heterocycles. The van der Waals surface area contributed by atoms with Crippen LogP contribution in [0.25, 0.3) is 5.52 Å². The first-order chi connectivity index (χ1) is 13.3. The van der Waals surface area contributed by atoms with Crippen molar-refractivity contribution in [2.24, 2.45) is 0 Å². The molecule has 3 heterocycles. The topological polar surface area (TPSA) is 121 Å². The molecule has 3 aromatic rings. The maximum atomic E-state index is 11.9. The Kier molecular flexibility index (Phi) is 7.13. The number of H-pyrrole nitrogens is 1. The van der Waals surface area contributed by atoms with Gasteiger partial charge >= 0.3 is 11.9 Å². The molecule has 28 heavy (non-hydrogen) atoms. The fourth-order valence-corrected chi connectivity index (χ4v) is 2.63. The van der Waals surface area contributed by atoms with Crippen molar-refractivity contribution in [2.45, 2.75) is 13.8 Å². The molecule has 11 heteroatoms. The van der Waals surface area contributed by atoms with Crippen molar-refractivity contribution in [2.75, 3.05) is 19.1 Å². The third-order valence-electron chi connectivity index (χ3n) is 3.41. The predicted molar refractivity (Wildman–Crippen MR) is 105 cm³/mol. The third-order valence-corrected chi connectivity index (χ3v) is 3.82. The minimum Gasteiger partial charge on any atom is -0.462 e. The number of nitrogens with two attached hydrogens (primary N) is 1. The minimum absolute atomic E-state index is 0.0240. The highest BCUT2D eigenvalue weighted by atomic mass is 35.5. The number of rotatable bonds is 4. The molecule has 9 nitrogen and oxygen atoms in total. The van der Waals surface area contributed by atoms with Gasteiger partial charge in [-0.3, -0.25) is 14.0 Å². The molecule has 0 bridgehead atoms. The maximum absolute atomic E-state index is 11.9. The number of ether oxygens (including phenoxy) is 2. The summed E-state index contributed by atoms with van der Waals surface area (Å²) in [6.07, 6.45) is 4.30. The SMILES string of the molecule is CCOC(=O)c1c[nH]n2cc(Cl)cc2c1=O.CCOC(=O)c1cc(Cl)cn1N. The number of aromatic amines is 1. The molecule has 0 radical (unpaired) electrons. The van der Waals surface area contributed by atoms with E-state index in [2.05, 4.69) is 5.10 Å². The number of hydrogen-bond acceptors (Lipinski definition) is 6. The number of aromatic nitrogens is 3. The number of nitrogens with zero attached hydrogens (tertiary/aromatic N) is 2. The van der Waals surface area contributed by atoms with Gasteiger partial charge in [0.15, 0.2) is 0 Å². The van der Waals surface area contributed by atoms with E-state index in [9.17, 15) is 14.4 Å². The smallest absolute Gasteiger partial charge is 0.356 e. The van der Waals surface area contributed by atoms with Gasteiger partial charge in [-0.1, -0.05) is 23.2 Å². The predicted octanol–water partition coefficient (Wildman–Crippen LogP) is 2.49. The van der Waals surface area contributed by atoms with Gasteiger partial charge in [-0.25, -0.2) is 9.59 Å². The maximum Gasteiger partial charge on any atom is 0.356 e. The molecule has 0 fully saturated rings. The molecule has 3 rings (SSSR count). The van der Waals surface area contributed by atoms with Gasteiger partial charge in [0.1, 0.15) is 16.8 Å². The van der Waals surface area contributed by atoms with Crippen LogP contribution in [0.5, 0.6) is 0 Å². The largest absolute Gasteiger partial charge is 0.462 e. The quantitative estimate of drug-likeness (QED) is 0.486. The summed E-state index contributed by atoms with van der Waals surface area (Å²) in [6.45, 7) is 3.95. The number of esters is 2. The molecule has 0 saturated carbocycles. The van der Waals surface area contributed by atoms with E-state index in [0.29, 0.717) is 22.2 Å². The molecular weight excluding hydrogens is 411 g/mol. The summed E-state index contributed by atoms with van der Waals surface area (Å²) in [5.74, 6) is 4.30. The number of carbonyl (C=O) groups excluding carboxylic acids is 2. The zero-order chi connectivity index (χ0) is 20.8. The van der Waals surface area contributed by atoms with E-state index in [4.69, 9.17) is 38.5 Å². The standard InChI is InChI=1S/C10H9ClN2O3.C7H9ClN2O2/c1-2-16-10(15)7-4-12-13-5-6(11)3-8(13)9(7)14;1-2-12-7(11)6-3-5(8)4-10(6)9/h3-5,12H,2H2,1H3;3-4H,2,9H2,1H3. The van der Waals surface area contributed by atoms with E-state index < -0.39 is 17.4 Å². The molecule has 0 aromatic carbocycles. The van der Waals surface area contributed by atoms with E-state index in [1.807, 2.05) is 0 Å². The second kappa shape index (κ2) is 9.34. The van der Waals surface area contributed by atoms with Gasteiger partial charge in [0, 0.05) is 18.6 Å². The highest BCUT2D eigenvalue weighted by Gasteiger charge is 2.14. The molecule has 0 unspecified atom stereocenters. The molecule has 0 atom stereocenters. The summed E-state index contributed by atoms with van der Waals surface area (Å²) < 4.78 is 12.1. The minimum atomic E-state index is -0.636. The lowest BCUT2D eigenvalue weighted by Crippen LogP contribution is -2.19. The van der Waals surface area contributed by atoms with Crippen molar-refractivity contribution in [1.29, 1.82) is 0 Å². The first kappa shape index (κ1) is 21.4. The van der Waals surface area contributed by atoms with Gasteiger partial charge in [0.05, 0.1) is 23.3 Å². The Morgan fingerprint density at radius 2 is 1.68 bits per heavy atom. The van der Waals surface area contributed by atoms with Gasteiger partial charge in [0.2, 0.25) is 5.43 Å². The molecule has 3 N–H and O–H groups in total. The van der Waals surface area contributed by atoms with Crippen molar-refractivity contribution in [3.63, 3.8) is 0 Å². The van der Waals surface area contributed by atoms with Crippen LogP contribution in [0.15, 0.2) is 35.5 Å². The number of hydrogen-bond donors (Lipinski definition) is 2. The average molecular weight is 429 g/mol. The lowest BCUT2D eigenvalue weighted by molar-refractivity contribution is 0.0510. The van der Waals surface area contributed by atoms with E-state index in [0.717, 1.165) is 4.68 Å². The Morgan fingerprint density at radius 3 is 2.25 bits per heavy atom.